The van der Waals surface area contributed by atoms with Crippen LogP contribution >= 0.6 is 0 Å². The summed E-state index contributed by atoms with van der Waals surface area (Å²) in [6.45, 7) is 1.93. The van der Waals surface area contributed by atoms with Gasteiger partial charge < -0.3 is 37.1 Å². The molecule has 0 aromatic carbocycles. The van der Waals surface area contributed by atoms with Crippen LogP contribution in [0.4, 0.5) is 0 Å². The molecule has 0 spiro atoms. The lowest BCUT2D eigenvalue weighted by molar-refractivity contribution is -0.142. The third-order valence-electron chi connectivity index (χ3n) is 4.76. The molecule has 2 heterocycles. The second-order valence-electron chi connectivity index (χ2n) is 7.29. The number of carbonyl (C=O) groups excluding carboxylic acids is 4. The van der Waals surface area contributed by atoms with Gasteiger partial charge in [-0.25, -0.2) is 4.98 Å². The first-order valence-electron chi connectivity index (χ1n) is 9.80. The number of rotatable bonds is 11. The van der Waals surface area contributed by atoms with Gasteiger partial charge in [0.2, 0.25) is 23.6 Å². The van der Waals surface area contributed by atoms with Gasteiger partial charge in [-0.15, -0.1) is 0 Å². The Morgan fingerprint density at radius 1 is 1.19 bits per heavy atom. The van der Waals surface area contributed by atoms with Crippen LogP contribution in [0.2, 0.25) is 0 Å². The number of aromatic amines is 1. The number of hydrogen-bond donors (Lipinski definition) is 7. The largest absolute Gasteiger partial charge is 0.480 e. The molecule has 4 amide bonds. The van der Waals surface area contributed by atoms with Gasteiger partial charge in [0.25, 0.3) is 0 Å². The van der Waals surface area contributed by atoms with Gasteiger partial charge in [0.05, 0.1) is 18.8 Å². The monoisotopic (exact) mass is 437 g/mol. The van der Waals surface area contributed by atoms with Crippen LogP contribution in [-0.2, 0) is 30.4 Å². The van der Waals surface area contributed by atoms with Gasteiger partial charge in [-0.05, 0) is 26.3 Å². The molecule has 4 atom stereocenters. The van der Waals surface area contributed by atoms with Crippen molar-refractivity contribution in [3.63, 3.8) is 0 Å². The highest BCUT2D eigenvalue weighted by molar-refractivity contribution is 5.96. The maximum atomic E-state index is 12.9. The van der Waals surface area contributed by atoms with E-state index in [1.165, 1.54) is 19.4 Å². The average molecular weight is 437 g/mol. The highest BCUT2D eigenvalue weighted by Gasteiger charge is 2.31. The lowest BCUT2D eigenvalue weighted by Crippen LogP contribution is -2.58. The van der Waals surface area contributed by atoms with Crippen molar-refractivity contribution in [2.24, 2.45) is 5.73 Å². The smallest absolute Gasteiger partial charge is 0.325 e. The molecule has 2 rings (SSSR count). The standard InChI is InChI=1S/C18H27N7O6/c1-9(18(30)31)23-16(28)13(6-14(19)26)25-17(29)12(5-10-7-20-8-22-10)24-15(27)11-3-2-4-21-11/h7-9,11-13,21H,2-6H2,1H3,(H2,19,26)(H,20,22)(H,23,28)(H,24,27)(H,25,29)(H,30,31). The second-order valence-corrected chi connectivity index (χ2v) is 7.29. The number of amides is 4. The summed E-state index contributed by atoms with van der Waals surface area (Å²) < 4.78 is 0. The zero-order valence-corrected chi connectivity index (χ0v) is 17.0. The molecule has 13 nitrogen and oxygen atoms in total. The van der Waals surface area contributed by atoms with Crippen LogP contribution in [0.5, 0.6) is 0 Å². The molecule has 0 bridgehead atoms. The first kappa shape index (κ1) is 23.8. The molecule has 8 N–H and O–H groups in total. The van der Waals surface area contributed by atoms with Crippen molar-refractivity contribution < 1.29 is 29.1 Å². The first-order valence-corrected chi connectivity index (χ1v) is 9.80. The minimum atomic E-state index is -1.41. The molecular formula is C18H27N7O6. The Bertz CT molecular complexity index is 806. The normalized spacial score (nSPS) is 18.4. The fourth-order valence-corrected chi connectivity index (χ4v) is 3.06. The summed E-state index contributed by atoms with van der Waals surface area (Å²) in [5.41, 5.74) is 5.73. The van der Waals surface area contributed by atoms with Gasteiger partial charge >= 0.3 is 5.97 Å². The number of aromatic nitrogens is 2. The van der Waals surface area contributed by atoms with Crippen molar-refractivity contribution in [3.05, 3.63) is 18.2 Å². The van der Waals surface area contributed by atoms with Gasteiger partial charge in [-0.3, -0.25) is 24.0 Å². The van der Waals surface area contributed by atoms with Crippen LogP contribution in [0.3, 0.4) is 0 Å². The summed E-state index contributed by atoms with van der Waals surface area (Å²) in [7, 11) is 0. The minimum Gasteiger partial charge on any atom is -0.480 e. The number of nitrogens with zero attached hydrogens (tertiary/aromatic N) is 1. The second kappa shape index (κ2) is 11.1. The lowest BCUT2D eigenvalue weighted by Gasteiger charge is -2.24. The van der Waals surface area contributed by atoms with Crippen LogP contribution < -0.4 is 27.0 Å². The molecular weight excluding hydrogens is 410 g/mol. The fourth-order valence-electron chi connectivity index (χ4n) is 3.06. The predicted molar refractivity (Wildman–Crippen MR) is 106 cm³/mol. The maximum Gasteiger partial charge on any atom is 0.325 e. The number of aliphatic carboxylic acids is 1. The molecule has 4 unspecified atom stereocenters. The Morgan fingerprint density at radius 3 is 2.45 bits per heavy atom. The van der Waals surface area contributed by atoms with E-state index >= 15 is 0 Å². The van der Waals surface area contributed by atoms with Crippen molar-refractivity contribution in [1.29, 1.82) is 0 Å². The van der Waals surface area contributed by atoms with Crippen molar-refractivity contribution in [2.45, 2.75) is 56.8 Å². The molecule has 0 aliphatic carbocycles. The van der Waals surface area contributed by atoms with Gasteiger partial charge in [-0.2, -0.15) is 0 Å². The summed E-state index contributed by atoms with van der Waals surface area (Å²) in [6.07, 6.45) is 3.88. The molecule has 1 saturated heterocycles. The number of carboxylic acids is 1. The third-order valence-corrected chi connectivity index (χ3v) is 4.76. The van der Waals surface area contributed by atoms with Crippen molar-refractivity contribution in [2.75, 3.05) is 6.54 Å². The summed E-state index contributed by atoms with van der Waals surface area (Å²) >= 11 is 0. The Kier molecular flexibility index (Phi) is 8.49. The van der Waals surface area contributed by atoms with Crippen molar-refractivity contribution in [3.8, 4) is 0 Å². The molecule has 13 heteroatoms. The quantitative estimate of drug-likeness (QED) is 0.191. The zero-order valence-electron chi connectivity index (χ0n) is 17.0. The van der Waals surface area contributed by atoms with Gasteiger partial charge in [-0.1, -0.05) is 0 Å². The minimum absolute atomic E-state index is 0.0563. The van der Waals surface area contributed by atoms with Crippen LogP contribution in [0.1, 0.15) is 31.9 Å². The SMILES string of the molecule is CC(NC(=O)C(CC(N)=O)NC(=O)C(Cc1cnc[nH]1)NC(=O)C1CCCN1)C(=O)O. The van der Waals surface area contributed by atoms with E-state index in [0.29, 0.717) is 18.7 Å². The Morgan fingerprint density at radius 2 is 1.90 bits per heavy atom. The van der Waals surface area contributed by atoms with E-state index < -0.39 is 54.3 Å². The highest BCUT2D eigenvalue weighted by atomic mass is 16.4. The van der Waals surface area contributed by atoms with Crippen LogP contribution in [-0.4, -0.2) is 75.4 Å². The molecule has 0 radical (unpaired) electrons. The number of carbonyl (C=O) groups is 5. The zero-order chi connectivity index (χ0) is 23.0. The third kappa shape index (κ3) is 7.37. The average Bonchev–Trinajstić information content (AvgIpc) is 3.40. The molecule has 1 fully saturated rings. The molecule has 31 heavy (non-hydrogen) atoms. The van der Waals surface area contributed by atoms with Crippen molar-refractivity contribution in [1.82, 2.24) is 31.2 Å². The Hall–Kier alpha value is -3.48. The van der Waals surface area contributed by atoms with Crippen LogP contribution in [0, 0.1) is 0 Å². The number of nitrogens with one attached hydrogen (secondary N) is 5. The van der Waals surface area contributed by atoms with E-state index in [4.69, 9.17) is 10.8 Å². The number of imidazole rings is 1. The first-order chi connectivity index (χ1) is 14.7. The lowest BCUT2D eigenvalue weighted by atomic mass is 10.1. The number of primary amides is 1. The number of carboxylic acid groups (broad SMARTS) is 1. The topological polar surface area (TPSA) is 208 Å². The van der Waals surface area contributed by atoms with Gasteiger partial charge in [0.15, 0.2) is 0 Å². The highest BCUT2D eigenvalue weighted by Crippen LogP contribution is 2.07. The fraction of sp³-hybridized carbons (Fsp3) is 0.556. The van der Waals surface area contributed by atoms with Crippen LogP contribution in [0.25, 0.3) is 0 Å². The summed E-state index contributed by atoms with van der Waals surface area (Å²) in [6, 6.07) is -4.15. The predicted octanol–water partition coefficient (Wildman–Crippen LogP) is -2.86. The summed E-state index contributed by atoms with van der Waals surface area (Å²) in [4.78, 5) is 66.9. The Balaban J connectivity index is 2.12. The van der Waals surface area contributed by atoms with E-state index in [0.717, 1.165) is 6.42 Å². The molecule has 1 aromatic heterocycles. The number of H-pyrrole nitrogens is 1. The molecule has 0 saturated carbocycles. The maximum absolute atomic E-state index is 12.9. The molecule has 1 aliphatic heterocycles. The molecule has 1 aromatic rings. The van der Waals surface area contributed by atoms with E-state index in [9.17, 15) is 24.0 Å². The van der Waals surface area contributed by atoms with E-state index in [1.54, 1.807) is 0 Å². The number of nitrogens with two attached hydrogens (primary N) is 1. The van der Waals surface area contributed by atoms with Gasteiger partial charge in [0.1, 0.15) is 18.1 Å². The summed E-state index contributed by atoms with van der Waals surface area (Å²) in [5.74, 6) is -4.14. The van der Waals surface area contributed by atoms with Crippen molar-refractivity contribution >= 4 is 29.6 Å². The van der Waals surface area contributed by atoms with E-state index in [1.807, 2.05) is 0 Å². The van der Waals surface area contributed by atoms with E-state index in [-0.39, 0.29) is 12.3 Å². The summed E-state index contributed by atoms with van der Waals surface area (Å²) in [5, 5.41) is 19.2. The molecule has 1 aliphatic rings. The van der Waals surface area contributed by atoms with Gasteiger partial charge in [0, 0.05) is 18.3 Å². The Labute approximate surface area is 177 Å². The van der Waals surface area contributed by atoms with Crippen LogP contribution in [0.15, 0.2) is 12.5 Å². The number of hydrogen-bond acceptors (Lipinski definition) is 7. The molecule has 170 valence electrons. The van der Waals surface area contributed by atoms with E-state index in [2.05, 4.69) is 31.2 Å².